The average Bonchev–Trinajstić information content (AvgIpc) is 2.63. The molecule has 26 heavy (non-hydrogen) atoms. The minimum absolute atomic E-state index is 0.00695. The third-order valence-electron chi connectivity index (χ3n) is 4.46. The monoisotopic (exact) mass is 365 g/mol. The molecule has 1 aromatic carbocycles. The van der Waals surface area contributed by atoms with Gasteiger partial charge < -0.3 is 20.5 Å². The highest BCUT2D eigenvalue weighted by Crippen LogP contribution is 2.25. The summed E-state index contributed by atoms with van der Waals surface area (Å²) in [4.78, 5) is 16.3. The highest BCUT2D eigenvalue weighted by atomic mass is 19.1. The van der Waals surface area contributed by atoms with E-state index in [2.05, 4.69) is 15.6 Å². The van der Waals surface area contributed by atoms with Crippen molar-refractivity contribution in [2.75, 3.05) is 13.2 Å². The Morgan fingerprint density at radius 1 is 1.31 bits per heavy atom. The van der Waals surface area contributed by atoms with E-state index in [1.165, 1.54) is 12.1 Å². The number of carbonyl (C=O) groups excluding carboxylic acids is 1. The zero-order chi connectivity index (χ0) is 18.9. The largest absolute Gasteiger partial charge is 0.505 e. The van der Waals surface area contributed by atoms with E-state index in [4.69, 9.17) is 4.74 Å². The van der Waals surface area contributed by atoms with Gasteiger partial charge in [0.15, 0.2) is 17.5 Å². The first-order valence-corrected chi connectivity index (χ1v) is 9.22. The van der Waals surface area contributed by atoms with E-state index < -0.39 is 5.82 Å². The number of hydrogen-bond acceptors (Lipinski definition) is 4. The molecule has 6 nitrogen and oxygen atoms in total. The molecule has 1 saturated carbocycles. The molecule has 0 aromatic heterocycles. The summed E-state index contributed by atoms with van der Waals surface area (Å²) in [5.41, 5.74) is 0.684. The van der Waals surface area contributed by atoms with Gasteiger partial charge >= 0.3 is 5.97 Å². The predicted molar refractivity (Wildman–Crippen MR) is 98.4 cm³/mol. The molecule has 0 saturated heterocycles. The standard InChI is InChI=1S/C19H28FN3O3/c1-3-21-19(22-12-13-5-10-17(24)16(20)11-13)23-15-8-6-14(7-9-15)18(25)26-4-2/h5,10-11,14-15,24H,3-4,6-9,12H2,1-2H3,(H2,21,22,23). The molecule has 1 aliphatic rings. The van der Waals surface area contributed by atoms with Crippen LogP contribution in [0.5, 0.6) is 5.75 Å². The first-order valence-electron chi connectivity index (χ1n) is 9.22. The fourth-order valence-corrected chi connectivity index (χ4v) is 3.07. The lowest BCUT2D eigenvalue weighted by Crippen LogP contribution is -2.45. The number of hydrogen-bond donors (Lipinski definition) is 3. The number of ether oxygens (including phenoxy) is 1. The maximum atomic E-state index is 13.4. The van der Waals surface area contributed by atoms with Crippen LogP contribution < -0.4 is 10.6 Å². The zero-order valence-electron chi connectivity index (χ0n) is 15.4. The maximum Gasteiger partial charge on any atom is 0.308 e. The van der Waals surface area contributed by atoms with Gasteiger partial charge in [-0.2, -0.15) is 0 Å². The lowest BCUT2D eigenvalue weighted by Gasteiger charge is -2.29. The number of rotatable bonds is 6. The SMILES string of the molecule is CCNC(=NCc1ccc(O)c(F)c1)NC1CCC(C(=O)OCC)CC1. The van der Waals surface area contributed by atoms with E-state index in [0.29, 0.717) is 31.2 Å². The summed E-state index contributed by atoms with van der Waals surface area (Å²) in [6.07, 6.45) is 3.36. The van der Waals surface area contributed by atoms with Crippen LogP contribution in [0.2, 0.25) is 0 Å². The van der Waals surface area contributed by atoms with Crippen LogP contribution in [0.3, 0.4) is 0 Å². The van der Waals surface area contributed by atoms with Crippen molar-refractivity contribution in [2.24, 2.45) is 10.9 Å². The van der Waals surface area contributed by atoms with Crippen molar-refractivity contribution in [3.05, 3.63) is 29.6 Å². The third kappa shape index (κ3) is 5.89. The van der Waals surface area contributed by atoms with Gasteiger partial charge in [-0.15, -0.1) is 0 Å². The summed E-state index contributed by atoms with van der Waals surface area (Å²) in [5.74, 6) is -0.442. The van der Waals surface area contributed by atoms with E-state index in [0.717, 1.165) is 25.7 Å². The number of esters is 1. The number of aliphatic imine (C=N–C) groups is 1. The Hall–Kier alpha value is -2.31. The highest BCUT2D eigenvalue weighted by molar-refractivity contribution is 5.80. The number of guanidine groups is 1. The van der Waals surface area contributed by atoms with Gasteiger partial charge in [-0.1, -0.05) is 6.07 Å². The quantitative estimate of drug-likeness (QED) is 0.410. The van der Waals surface area contributed by atoms with Gasteiger partial charge in [-0.25, -0.2) is 9.38 Å². The number of carbonyl (C=O) groups is 1. The lowest BCUT2D eigenvalue weighted by atomic mass is 9.86. The normalized spacial score (nSPS) is 20.5. The summed E-state index contributed by atoms with van der Waals surface area (Å²) in [5, 5.41) is 15.8. The van der Waals surface area contributed by atoms with E-state index in [9.17, 15) is 14.3 Å². The summed E-state index contributed by atoms with van der Waals surface area (Å²) in [7, 11) is 0. The van der Waals surface area contributed by atoms with Crippen LogP contribution in [-0.2, 0) is 16.1 Å². The Labute approximate surface area is 153 Å². The van der Waals surface area contributed by atoms with Crippen molar-refractivity contribution in [1.29, 1.82) is 0 Å². The van der Waals surface area contributed by atoms with Gasteiger partial charge in [0.05, 0.1) is 19.1 Å². The first-order chi connectivity index (χ1) is 12.5. The molecule has 0 unspecified atom stereocenters. The van der Waals surface area contributed by atoms with Crippen molar-refractivity contribution in [2.45, 2.75) is 52.1 Å². The average molecular weight is 365 g/mol. The van der Waals surface area contributed by atoms with Crippen molar-refractivity contribution >= 4 is 11.9 Å². The van der Waals surface area contributed by atoms with Crippen molar-refractivity contribution < 1.29 is 19.0 Å². The Balaban J connectivity index is 1.89. The van der Waals surface area contributed by atoms with Crippen LogP contribution in [0.1, 0.15) is 45.1 Å². The molecule has 0 spiro atoms. The van der Waals surface area contributed by atoms with Crippen molar-refractivity contribution in [3.63, 3.8) is 0 Å². The molecule has 0 bridgehead atoms. The Kier molecular flexibility index (Phi) is 7.69. The van der Waals surface area contributed by atoms with E-state index in [-0.39, 0.29) is 23.7 Å². The molecule has 1 aliphatic carbocycles. The summed E-state index contributed by atoms with van der Waals surface area (Å²) < 4.78 is 18.5. The minimum atomic E-state index is -0.645. The second kappa shape index (κ2) is 9.99. The van der Waals surface area contributed by atoms with Gasteiger partial charge in [0, 0.05) is 12.6 Å². The van der Waals surface area contributed by atoms with Crippen LogP contribution in [0.25, 0.3) is 0 Å². The summed E-state index contributed by atoms with van der Waals surface area (Å²) in [6.45, 7) is 5.25. The zero-order valence-corrected chi connectivity index (χ0v) is 15.4. The fourth-order valence-electron chi connectivity index (χ4n) is 3.07. The van der Waals surface area contributed by atoms with Crippen LogP contribution in [-0.4, -0.2) is 36.2 Å². The number of benzene rings is 1. The second-order valence-electron chi connectivity index (χ2n) is 6.43. The Morgan fingerprint density at radius 3 is 2.65 bits per heavy atom. The van der Waals surface area contributed by atoms with Crippen molar-refractivity contribution in [1.82, 2.24) is 10.6 Å². The Bertz CT molecular complexity index is 628. The molecule has 7 heteroatoms. The van der Waals surface area contributed by atoms with Gasteiger partial charge in [0.1, 0.15) is 0 Å². The van der Waals surface area contributed by atoms with Crippen LogP contribution in [0.15, 0.2) is 23.2 Å². The van der Waals surface area contributed by atoms with Crippen LogP contribution >= 0.6 is 0 Å². The Morgan fingerprint density at radius 2 is 2.04 bits per heavy atom. The molecular weight excluding hydrogens is 337 g/mol. The highest BCUT2D eigenvalue weighted by Gasteiger charge is 2.27. The molecular formula is C19H28FN3O3. The van der Waals surface area contributed by atoms with Crippen molar-refractivity contribution in [3.8, 4) is 5.75 Å². The number of nitrogens with zero attached hydrogens (tertiary/aromatic N) is 1. The molecule has 2 rings (SSSR count). The van der Waals surface area contributed by atoms with Gasteiger partial charge in [0.2, 0.25) is 0 Å². The summed E-state index contributed by atoms with van der Waals surface area (Å²) in [6, 6.07) is 4.51. The van der Waals surface area contributed by atoms with E-state index in [1.54, 1.807) is 6.07 Å². The number of halogens is 1. The molecule has 0 heterocycles. The lowest BCUT2D eigenvalue weighted by molar-refractivity contribution is -0.149. The summed E-state index contributed by atoms with van der Waals surface area (Å²) >= 11 is 0. The molecule has 1 fully saturated rings. The van der Waals surface area contributed by atoms with E-state index >= 15 is 0 Å². The number of phenolic OH excluding ortho intramolecular Hbond substituents is 1. The van der Waals surface area contributed by atoms with Gasteiger partial charge in [-0.3, -0.25) is 4.79 Å². The molecule has 0 radical (unpaired) electrons. The molecule has 144 valence electrons. The van der Waals surface area contributed by atoms with E-state index in [1.807, 2.05) is 13.8 Å². The first kappa shape index (κ1) is 20.0. The number of nitrogens with one attached hydrogen (secondary N) is 2. The topological polar surface area (TPSA) is 83.0 Å². The maximum absolute atomic E-state index is 13.4. The molecule has 3 N–H and O–H groups in total. The third-order valence-corrected chi connectivity index (χ3v) is 4.46. The second-order valence-corrected chi connectivity index (χ2v) is 6.43. The molecule has 0 aliphatic heterocycles. The molecule has 1 aromatic rings. The van der Waals surface area contributed by atoms with Gasteiger partial charge in [-0.05, 0) is 57.2 Å². The van der Waals surface area contributed by atoms with Gasteiger partial charge in [0.25, 0.3) is 0 Å². The predicted octanol–water partition coefficient (Wildman–Crippen LogP) is 2.71. The molecule has 0 amide bonds. The fraction of sp³-hybridized carbons (Fsp3) is 0.579. The smallest absolute Gasteiger partial charge is 0.308 e. The minimum Gasteiger partial charge on any atom is -0.505 e. The number of phenols is 1. The van der Waals surface area contributed by atoms with Crippen LogP contribution in [0, 0.1) is 11.7 Å². The number of aromatic hydroxyl groups is 1. The molecule has 0 atom stereocenters. The van der Waals surface area contributed by atoms with Crippen LogP contribution in [0.4, 0.5) is 4.39 Å².